The highest BCUT2D eigenvalue weighted by atomic mass is 15.1. The minimum Gasteiger partial charge on any atom is -0.310 e. The van der Waals surface area contributed by atoms with E-state index in [1.165, 1.54) is 0 Å². The summed E-state index contributed by atoms with van der Waals surface area (Å²) in [5, 5.41) is 21.9. The third kappa shape index (κ3) is 5.37. The molecule has 0 N–H and O–H groups in total. The first-order chi connectivity index (χ1) is 31.1. The lowest BCUT2D eigenvalue weighted by Gasteiger charge is -2.30. The standard InChI is InChI=1S/C58H35N5/c59-36-38-25-28-46-47-29-26-39(37-60)32-52(47)58(51(46)31-38)50-24-14-13-23-48(50)57-56(58)49-30-27-44(62(42-19-9-3-10-20-42)43-21-11-4-12-22-43)35-55(49)63(57)45-33-53(40-15-5-1-6-16-40)61-54(34-45)41-17-7-2-8-18-41/h1-35H. The molecule has 2 aromatic heterocycles. The van der Waals surface area contributed by atoms with Gasteiger partial charge in [-0.1, -0.05) is 140 Å². The second kappa shape index (κ2) is 14.2. The van der Waals surface area contributed by atoms with Gasteiger partial charge in [0.2, 0.25) is 0 Å². The Morgan fingerprint density at radius 2 is 0.952 bits per heavy atom. The number of pyridine rings is 1. The van der Waals surface area contributed by atoms with Crippen molar-refractivity contribution < 1.29 is 0 Å². The van der Waals surface area contributed by atoms with Gasteiger partial charge in [0.1, 0.15) is 0 Å². The first-order valence-electron chi connectivity index (χ1n) is 21.1. The fourth-order valence-corrected chi connectivity index (χ4v) is 10.3. The Balaban J connectivity index is 1.25. The molecule has 1 spiro atoms. The SMILES string of the molecule is N#Cc1ccc2c(c1)C1(c3cc(C#N)ccc3-2)c2ccccc2-c2c1c1ccc(N(c3ccccc3)c3ccccc3)cc1n2-c1cc(-c2ccccc2)nc(-c2ccccc2)c1. The van der Waals surface area contributed by atoms with Crippen LogP contribution in [0.4, 0.5) is 17.1 Å². The Labute approximate surface area is 365 Å². The second-order valence-corrected chi connectivity index (χ2v) is 16.1. The molecule has 63 heavy (non-hydrogen) atoms. The number of aromatic nitrogens is 2. The van der Waals surface area contributed by atoms with Crippen LogP contribution >= 0.6 is 0 Å². The first-order valence-corrected chi connectivity index (χ1v) is 21.1. The number of benzene rings is 8. The Kier molecular flexibility index (Phi) is 8.12. The molecule has 292 valence electrons. The van der Waals surface area contributed by atoms with Gasteiger partial charge < -0.3 is 9.47 Å². The van der Waals surface area contributed by atoms with Crippen LogP contribution in [-0.4, -0.2) is 9.55 Å². The van der Waals surface area contributed by atoms with E-state index in [0.29, 0.717) is 11.1 Å². The Bertz CT molecular complexity index is 3360. The molecule has 0 bridgehead atoms. The van der Waals surface area contributed by atoms with E-state index in [1.807, 2.05) is 36.4 Å². The number of hydrogen-bond donors (Lipinski definition) is 0. The highest BCUT2D eigenvalue weighted by Gasteiger charge is 2.54. The largest absolute Gasteiger partial charge is 0.310 e. The third-order valence-electron chi connectivity index (χ3n) is 12.8. The maximum absolute atomic E-state index is 10.4. The molecule has 8 aromatic carbocycles. The molecule has 0 saturated heterocycles. The smallest absolute Gasteiger partial charge is 0.0991 e. The van der Waals surface area contributed by atoms with Gasteiger partial charge in [-0.3, -0.25) is 0 Å². The van der Waals surface area contributed by atoms with Crippen LogP contribution in [0.2, 0.25) is 0 Å². The predicted molar refractivity (Wildman–Crippen MR) is 252 cm³/mol. The molecule has 0 saturated carbocycles. The van der Waals surface area contributed by atoms with E-state index in [2.05, 4.69) is 198 Å². The normalized spacial score (nSPS) is 12.5. The van der Waals surface area contributed by atoms with Gasteiger partial charge in [-0.15, -0.1) is 0 Å². The maximum Gasteiger partial charge on any atom is 0.0991 e. The molecular weight excluding hydrogens is 767 g/mol. The van der Waals surface area contributed by atoms with E-state index in [1.54, 1.807) is 0 Å². The van der Waals surface area contributed by atoms with Crippen LogP contribution < -0.4 is 4.90 Å². The van der Waals surface area contributed by atoms with E-state index in [0.717, 1.165) is 101 Å². The van der Waals surface area contributed by atoms with Gasteiger partial charge in [-0.25, -0.2) is 4.98 Å². The van der Waals surface area contributed by atoms with Crippen LogP contribution in [0.1, 0.15) is 33.4 Å². The summed E-state index contributed by atoms with van der Waals surface area (Å²) in [4.78, 5) is 7.62. The molecule has 0 radical (unpaired) electrons. The highest BCUT2D eigenvalue weighted by molar-refractivity contribution is 6.06. The average Bonchev–Trinajstić information content (AvgIpc) is 3.96. The molecule has 12 rings (SSSR count). The van der Waals surface area contributed by atoms with E-state index in [-0.39, 0.29) is 0 Å². The van der Waals surface area contributed by atoms with Gasteiger partial charge in [-0.2, -0.15) is 10.5 Å². The summed E-state index contributed by atoms with van der Waals surface area (Å²) < 4.78 is 2.44. The van der Waals surface area contributed by atoms with E-state index < -0.39 is 5.41 Å². The lowest BCUT2D eigenvalue weighted by molar-refractivity contribution is 0.800. The van der Waals surface area contributed by atoms with Crippen LogP contribution in [0.25, 0.3) is 61.5 Å². The van der Waals surface area contributed by atoms with Crippen molar-refractivity contribution in [2.75, 3.05) is 4.90 Å². The highest BCUT2D eigenvalue weighted by Crippen LogP contribution is 2.65. The summed E-state index contributed by atoms with van der Waals surface area (Å²) in [5.41, 5.74) is 17.8. The van der Waals surface area contributed by atoms with Gasteiger partial charge in [-0.05, 0) is 101 Å². The topological polar surface area (TPSA) is 68.6 Å². The second-order valence-electron chi connectivity index (χ2n) is 16.1. The zero-order chi connectivity index (χ0) is 42.1. The number of anilines is 3. The molecular formula is C58H35N5. The van der Waals surface area contributed by atoms with Gasteiger partial charge in [0, 0.05) is 44.7 Å². The summed E-state index contributed by atoms with van der Waals surface area (Å²) in [7, 11) is 0. The van der Waals surface area contributed by atoms with Gasteiger partial charge in [0.15, 0.2) is 0 Å². The van der Waals surface area contributed by atoms with Crippen molar-refractivity contribution in [3.05, 3.63) is 246 Å². The quantitative estimate of drug-likeness (QED) is 0.168. The van der Waals surface area contributed by atoms with Crippen LogP contribution in [-0.2, 0) is 5.41 Å². The van der Waals surface area contributed by atoms with Crippen molar-refractivity contribution in [2.45, 2.75) is 5.41 Å². The van der Waals surface area contributed by atoms with Crippen molar-refractivity contribution in [2.24, 2.45) is 0 Å². The third-order valence-corrected chi connectivity index (χ3v) is 12.8. The van der Waals surface area contributed by atoms with Crippen molar-refractivity contribution >= 4 is 28.0 Å². The number of fused-ring (bicyclic) bond motifs is 12. The fourth-order valence-electron chi connectivity index (χ4n) is 10.3. The molecule has 2 heterocycles. The zero-order valence-electron chi connectivity index (χ0n) is 33.9. The fraction of sp³-hybridized carbons (Fsp3) is 0.0172. The summed E-state index contributed by atoms with van der Waals surface area (Å²) in [6.45, 7) is 0. The Morgan fingerprint density at radius 1 is 0.444 bits per heavy atom. The molecule has 5 nitrogen and oxygen atoms in total. The van der Waals surface area contributed by atoms with Crippen LogP contribution in [0.15, 0.2) is 212 Å². The minimum atomic E-state index is -0.836. The molecule has 0 aliphatic heterocycles. The van der Waals surface area contributed by atoms with Gasteiger partial charge in [0.05, 0.1) is 57.0 Å². The van der Waals surface area contributed by atoms with Gasteiger partial charge >= 0.3 is 0 Å². The summed E-state index contributed by atoms with van der Waals surface area (Å²) in [6.07, 6.45) is 0. The average molecular weight is 802 g/mol. The monoisotopic (exact) mass is 801 g/mol. The van der Waals surface area contributed by atoms with Crippen molar-refractivity contribution in [3.8, 4) is 62.7 Å². The van der Waals surface area contributed by atoms with Crippen LogP contribution in [0.3, 0.4) is 0 Å². The van der Waals surface area contributed by atoms with E-state index in [9.17, 15) is 10.5 Å². The van der Waals surface area contributed by atoms with Crippen molar-refractivity contribution in [1.82, 2.24) is 9.55 Å². The van der Waals surface area contributed by atoms with E-state index >= 15 is 0 Å². The molecule has 0 fully saturated rings. The zero-order valence-corrected chi connectivity index (χ0v) is 33.9. The number of nitrogens with zero attached hydrogens (tertiary/aromatic N) is 5. The summed E-state index contributed by atoms with van der Waals surface area (Å²) in [6, 6.07) is 78.8. The lowest BCUT2D eigenvalue weighted by atomic mass is 9.69. The molecule has 10 aromatic rings. The van der Waals surface area contributed by atoms with Gasteiger partial charge in [0.25, 0.3) is 0 Å². The van der Waals surface area contributed by atoms with E-state index in [4.69, 9.17) is 4.98 Å². The molecule has 5 heteroatoms. The minimum absolute atomic E-state index is 0.592. The number of nitriles is 2. The molecule has 0 atom stereocenters. The first kappa shape index (κ1) is 36.1. The predicted octanol–water partition coefficient (Wildman–Crippen LogP) is 13.9. The molecule has 0 unspecified atom stereocenters. The Morgan fingerprint density at radius 3 is 1.49 bits per heavy atom. The molecule has 0 amide bonds. The number of rotatable bonds is 6. The molecule has 2 aliphatic carbocycles. The lowest BCUT2D eigenvalue weighted by Crippen LogP contribution is -2.26. The Hall–Kier alpha value is -8.77. The summed E-state index contributed by atoms with van der Waals surface area (Å²) in [5.74, 6) is 0. The van der Waals surface area contributed by atoms with Crippen molar-refractivity contribution in [1.29, 1.82) is 10.5 Å². The molecule has 2 aliphatic rings. The number of hydrogen-bond acceptors (Lipinski definition) is 4. The summed E-state index contributed by atoms with van der Waals surface area (Å²) >= 11 is 0. The maximum atomic E-state index is 10.4. The van der Waals surface area contributed by atoms with Crippen LogP contribution in [0, 0.1) is 22.7 Å². The van der Waals surface area contributed by atoms with Crippen LogP contribution in [0.5, 0.6) is 0 Å². The van der Waals surface area contributed by atoms with Crippen molar-refractivity contribution in [3.63, 3.8) is 0 Å². The number of para-hydroxylation sites is 2.